The summed E-state index contributed by atoms with van der Waals surface area (Å²) in [6, 6.07) is 6.28. The molecule has 0 atom stereocenters. The first-order valence-electron chi connectivity index (χ1n) is 5.44. The van der Waals surface area contributed by atoms with Crippen LogP contribution in [0.5, 0.6) is 0 Å². The van der Waals surface area contributed by atoms with Gasteiger partial charge in [-0.2, -0.15) is 0 Å². The maximum atomic E-state index is 9.01. The Morgan fingerprint density at radius 1 is 1.44 bits per heavy atom. The predicted octanol–water partition coefficient (Wildman–Crippen LogP) is 2.23. The van der Waals surface area contributed by atoms with Crippen LogP contribution in [0.4, 0.5) is 5.69 Å². The van der Waals surface area contributed by atoms with Crippen LogP contribution < -0.4 is 5.73 Å². The normalized spacial score (nSPS) is 11.4. The highest BCUT2D eigenvalue weighted by Gasteiger charge is 2.12. The Balaban J connectivity index is 2.81. The third-order valence-corrected chi connectivity index (χ3v) is 3.57. The first-order chi connectivity index (χ1) is 7.56. The van der Waals surface area contributed by atoms with Crippen LogP contribution in [-0.4, -0.2) is 29.2 Å². The Bertz CT molecular complexity index is 342. The molecule has 0 heterocycles. The zero-order valence-electron chi connectivity index (χ0n) is 9.78. The summed E-state index contributed by atoms with van der Waals surface area (Å²) in [5, 5.41) is 9.01. The Hall–Kier alpha value is -0.580. The van der Waals surface area contributed by atoms with Gasteiger partial charge in [-0.05, 0) is 41.4 Å². The van der Waals surface area contributed by atoms with Crippen molar-refractivity contribution in [1.29, 1.82) is 0 Å². The van der Waals surface area contributed by atoms with Gasteiger partial charge in [0.05, 0.1) is 6.61 Å². The van der Waals surface area contributed by atoms with Crippen molar-refractivity contribution in [3.05, 3.63) is 28.2 Å². The summed E-state index contributed by atoms with van der Waals surface area (Å²) in [5.74, 6) is 0. The molecule has 0 radical (unpaired) electrons. The fourth-order valence-electron chi connectivity index (χ4n) is 1.59. The monoisotopic (exact) mass is 286 g/mol. The molecule has 0 aliphatic heterocycles. The minimum Gasteiger partial charge on any atom is -0.398 e. The maximum Gasteiger partial charge on any atom is 0.0558 e. The number of hydrogen-bond donors (Lipinski definition) is 2. The van der Waals surface area contributed by atoms with Gasteiger partial charge in [-0.25, -0.2) is 0 Å². The summed E-state index contributed by atoms with van der Waals surface area (Å²) in [4.78, 5) is 2.21. The zero-order chi connectivity index (χ0) is 12.1. The van der Waals surface area contributed by atoms with Crippen LogP contribution in [0.3, 0.4) is 0 Å². The first kappa shape index (κ1) is 13.5. The van der Waals surface area contributed by atoms with Gasteiger partial charge in [0, 0.05) is 29.3 Å². The van der Waals surface area contributed by atoms with Gasteiger partial charge in [-0.15, -0.1) is 0 Å². The Morgan fingerprint density at radius 2 is 2.12 bits per heavy atom. The second-order valence-corrected chi connectivity index (χ2v) is 4.90. The van der Waals surface area contributed by atoms with E-state index in [0.29, 0.717) is 12.6 Å². The highest BCUT2D eigenvalue weighted by molar-refractivity contribution is 9.10. The molecule has 90 valence electrons. The van der Waals surface area contributed by atoms with Crippen molar-refractivity contribution >= 4 is 21.6 Å². The van der Waals surface area contributed by atoms with Crippen molar-refractivity contribution < 1.29 is 5.11 Å². The lowest BCUT2D eigenvalue weighted by Crippen LogP contribution is -2.33. The SMILES string of the molecule is CC(C)N(CCO)Cc1cccc(N)c1Br. The molecule has 0 saturated carbocycles. The van der Waals surface area contributed by atoms with Crippen LogP contribution in [-0.2, 0) is 6.54 Å². The number of nitrogens with two attached hydrogens (primary N) is 1. The highest BCUT2D eigenvalue weighted by Crippen LogP contribution is 2.25. The van der Waals surface area contributed by atoms with Crippen LogP contribution in [0.2, 0.25) is 0 Å². The van der Waals surface area contributed by atoms with Gasteiger partial charge in [0.25, 0.3) is 0 Å². The van der Waals surface area contributed by atoms with E-state index in [1.807, 2.05) is 18.2 Å². The third-order valence-electron chi connectivity index (χ3n) is 2.60. The molecule has 0 spiro atoms. The smallest absolute Gasteiger partial charge is 0.0558 e. The zero-order valence-corrected chi connectivity index (χ0v) is 11.4. The minimum atomic E-state index is 0.179. The van der Waals surface area contributed by atoms with E-state index in [4.69, 9.17) is 10.8 Å². The second kappa shape index (κ2) is 6.23. The van der Waals surface area contributed by atoms with E-state index in [2.05, 4.69) is 34.7 Å². The van der Waals surface area contributed by atoms with Gasteiger partial charge >= 0.3 is 0 Å². The molecule has 0 unspecified atom stereocenters. The van der Waals surface area contributed by atoms with Gasteiger partial charge < -0.3 is 10.8 Å². The number of aliphatic hydroxyl groups is 1. The quantitative estimate of drug-likeness (QED) is 0.817. The largest absolute Gasteiger partial charge is 0.398 e. The highest BCUT2D eigenvalue weighted by atomic mass is 79.9. The lowest BCUT2D eigenvalue weighted by atomic mass is 10.1. The predicted molar refractivity (Wildman–Crippen MR) is 71.2 cm³/mol. The van der Waals surface area contributed by atoms with Crippen molar-refractivity contribution in [1.82, 2.24) is 4.90 Å². The Kier molecular flexibility index (Phi) is 5.25. The molecule has 1 aromatic carbocycles. The Labute approximate surface area is 105 Å². The molecule has 3 nitrogen and oxygen atoms in total. The Morgan fingerprint density at radius 3 is 2.69 bits per heavy atom. The number of rotatable bonds is 5. The van der Waals surface area contributed by atoms with Gasteiger partial charge in [0.15, 0.2) is 0 Å². The number of halogens is 1. The van der Waals surface area contributed by atoms with E-state index >= 15 is 0 Å². The molecule has 0 aliphatic rings. The van der Waals surface area contributed by atoms with E-state index in [1.165, 1.54) is 0 Å². The number of hydrogen-bond acceptors (Lipinski definition) is 3. The first-order valence-corrected chi connectivity index (χ1v) is 6.23. The van der Waals surface area contributed by atoms with Gasteiger partial charge in [-0.1, -0.05) is 12.1 Å². The third kappa shape index (κ3) is 3.47. The fourth-order valence-corrected chi connectivity index (χ4v) is 1.98. The van der Waals surface area contributed by atoms with Crippen molar-refractivity contribution in [2.24, 2.45) is 0 Å². The molecule has 0 aromatic heterocycles. The number of benzene rings is 1. The molecule has 0 bridgehead atoms. The maximum absolute atomic E-state index is 9.01. The number of aliphatic hydroxyl groups excluding tert-OH is 1. The second-order valence-electron chi connectivity index (χ2n) is 4.11. The molecule has 16 heavy (non-hydrogen) atoms. The standard InChI is InChI=1S/C12H19BrN2O/c1-9(2)15(6-7-16)8-10-4-3-5-11(14)12(10)13/h3-5,9,16H,6-8,14H2,1-2H3. The summed E-state index contributed by atoms with van der Waals surface area (Å²) < 4.78 is 0.957. The molecule has 3 N–H and O–H groups in total. The molecule has 0 aliphatic carbocycles. The van der Waals surface area contributed by atoms with Gasteiger partial charge in [-0.3, -0.25) is 4.90 Å². The molecular formula is C12H19BrN2O. The van der Waals surface area contributed by atoms with E-state index in [-0.39, 0.29) is 6.61 Å². The van der Waals surface area contributed by atoms with Crippen molar-refractivity contribution in [3.63, 3.8) is 0 Å². The fraction of sp³-hybridized carbons (Fsp3) is 0.500. The lowest BCUT2D eigenvalue weighted by Gasteiger charge is -2.26. The number of nitrogen functional groups attached to an aromatic ring is 1. The van der Waals surface area contributed by atoms with Gasteiger partial charge in [0.1, 0.15) is 0 Å². The molecule has 1 aromatic rings. The summed E-state index contributed by atoms with van der Waals surface area (Å²) in [7, 11) is 0. The average molecular weight is 287 g/mol. The van der Waals surface area contributed by atoms with Gasteiger partial charge in [0.2, 0.25) is 0 Å². The van der Waals surface area contributed by atoms with E-state index in [0.717, 1.165) is 22.3 Å². The lowest BCUT2D eigenvalue weighted by molar-refractivity contribution is 0.159. The average Bonchev–Trinajstić information content (AvgIpc) is 2.23. The summed E-state index contributed by atoms with van der Waals surface area (Å²) >= 11 is 3.49. The molecule has 0 fully saturated rings. The number of nitrogens with zero attached hydrogens (tertiary/aromatic N) is 1. The van der Waals surface area contributed by atoms with E-state index in [1.54, 1.807) is 0 Å². The van der Waals surface area contributed by atoms with Crippen molar-refractivity contribution in [2.75, 3.05) is 18.9 Å². The summed E-state index contributed by atoms with van der Waals surface area (Å²) in [6.07, 6.45) is 0. The molecule has 1 rings (SSSR count). The molecule has 0 saturated heterocycles. The van der Waals surface area contributed by atoms with Crippen LogP contribution in [0.15, 0.2) is 22.7 Å². The summed E-state index contributed by atoms with van der Waals surface area (Å²) in [5.41, 5.74) is 7.74. The topological polar surface area (TPSA) is 49.5 Å². The van der Waals surface area contributed by atoms with Crippen LogP contribution in [0, 0.1) is 0 Å². The van der Waals surface area contributed by atoms with E-state index in [9.17, 15) is 0 Å². The summed E-state index contributed by atoms with van der Waals surface area (Å²) in [6.45, 7) is 5.90. The van der Waals surface area contributed by atoms with Crippen LogP contribution >= 0.6 is 15.9 Å². The number of anilines is 1. The minimum absolute atomic E-state index is 0.179. The van der Waals surface area contributed by atoms with E-state index < -0.39 is 0 Å². The van der Waals surface area contributed by atoms with Crippen LogP contribution in [0.1, 0.15) is 19.4 Å². The molecule has 4 heteroatoms. The van der Waals surface area contributed by atoms with Crippen molar-refractivity contribution in [3.8, 4) is 0 Å². The molecule has 0 amide bonds. The van der Waals surface area contributed by atoms with Crippen LogP contribution in [0.25, 0.3) is 0 Å². The van der Waals surface area contributed by atoms with Crippen molar-refractivity contribution in [2.45, 2.75) is 26.4 Å². The molecular weight excluding hydrogens is 268 g/mol.